The van der Waals surface area contributed by atoms with Crippen LogP contribution in [0.25, 0.3) is 0 Å². The van der Waals surface area contributed by atoms with Crippen LogP contribution in [0, 0.1) is 23.7 Å². The third-order valence-corrected chi connectivity index (χ3v) is 14.7. The summed E-state index contributed by atoms with van der Waals surface area (Å²) in [6.45, 7) is 15.9. The summed E-state index contributed by atoms with van der Waals surface area (Å²) in [5, 5.41) is 34.9. The van der Waals surface area contributed by atoms with Crippen LogP contribution in [0.4, 0.5) is 0 Å². The Kier molecular flexibility index (Phi) is 30.4. The van der Waals surface area contributed by atoms with Crippen molar-refractivity contribution in [1.82, 2.24) is 0 Å². The third kappa shape index (κ3) is 23.5. The van der Waals surface area contributed by atoms with Crippen molar-refractivity contribution in [1.29, 1.82) is 0 Å². The first-order chi connectivity index (χ1) is 37.2. The largest absolute Gasteiger partial charge is 0.497 e. The molecular weight excluding hydrogens is 969 g/mol. The van der Waals surface area contributed by atoms with Gasteiger partial charge in [-0.05, 0) is 121 Å². The van der Waals surface area contributed by atoms with Gasteiger partial charge in [0.25, 0.3) is 0 Å². The van der Waals surface area contributed by atoms with Gasteiger partial charge in [0.05, 0.1) is 92.5 Å². The summed E-state index contributed by atoms with van der Waals surface area (Å²) >= 11 is 0. The highest BCUT2D eigenvalue weighted by atomic mass is 16.6. The number of aliphatic hydroxyl groups is 3. The molecule has 0 spiro atoms. The molecule has 0 aliphatic carbocycles. The van der Waals surface area contributed by atoms with Gasteiger partial charge in [0.1, 0.15) is 29.1 Å². The van der Waals surface area contributed by atoms with E-state index >= 15 is 0 Å². The average molecular weight is 1070 g/mol. The summed E-state index contributed by atoms with van der Waals surface area (Å²) in [5.41, 5.74) is 6.48. The summed E-state index contributed by atoms with van der Waals surface area (Å²) in [4.78, 5) is 0. The van der Waals surface area contributed by atoms with Crippen LogP contribution in [0.3, 0.4) is 0 Å². The van der Waals surface area contributed by atoms with Gasteiger partial charge in [0, 0.05) is 17.8 Å². The second-order valence-electron chi connectivity index (χ2n) is 21.1. The molecule has 11 nitrogen and oxygen atoms in total. The van der Waals surface area contributed by atoms with Crippen LogP contribution in [0.15, 0.2) is 132 Å². The van der Waals surface area contributed by atoms with E-state index in [1.165, 1.54) is 51.4 Å². The van der Waals surface area contributed by atoms with Crippen molar-refractivity contribution in [3.8, 4) is 23.0 Å². The van der Waals surface area contributed by atoms with E-state index in [0.29, 0.717) is 24.7 Å². The molecule has 0 amide bonds. The number of methoxy groups -OCH3 is 4. The SMILES string of the molecule is CCCCCCCCCC[C@H](C)[C@@H](OCc1ccc(OC)cc1)[C@@H](C)/C=C(C)/C=C(\C)[C@H](O)[C@H](C)/C=C(\C)[C@@H](O)C[C@@H](COCc1ccc(OC)cc1)[C@@H](OCc1ccc(OC)cc1)[C@@H](CO)OCc1ccc(OC)cc1. The van der Waals surface area contributed by atoms with Crippen LogP contribution >= 0.6 is 0 Å². The number of unbranched alkanes of at least 4 members (excludes halogenated alkanes) is 7. The average Bonchev–Trinajstić information content (AvgIpc) is 3.44. The zero-order valence-electron chi connectivity index (χ0n) is 48.6. The number of rotatable bonds is 39. The van der Waals surface area contributed by atoms with Gasteiger partial charge in [-0.1, -0.05) is 151 Å². The smallest absolute Gasteiger partial charge is 0.118 e. The van der Waals surface area contributed by atoms with Crippen molar-refractivity contribution < 1.29 is 53.2 Å². The van der Waals surface area contributed by atoms with E-state index in [1.807, 2.05) is 112 Å². The Hall–Kier alpha value is -4.98. The van der Waals surface area contributed by atoms with Crippen molar-refractivity contribution in [2.45, 2.75) is 170 Å². The Morgan fingerprint density at radius 3 is 1.39 bits per heavy atom. The lowest BCUT2D eigenvalue weighted by Crippen LogP contribution is -2.43. The van der Waals surface area contributed by atoms with Gasteiger partial charge in [0.2, 0.25) is 0 Å². The van der Waals surface area contributed by atoms with Gasteiger partial charge in [0.15, 0.2) is 0 Å². The van der Waals surface area contributed by atoms with Crippen LogP contribution in [0.2, 0.25) is 0 Å². The van der Waals surface area contributed by atoms with Gasteiger partial charge >= 0.3 is 0 Å². The van der Waals surface area contributed by atoms with E-state index in [9.17, 15) is 15.3 Å². The van der Waals surface area contributed by atoms with Crippen molar-refractivity contribution in [3.63, 3.8) is 0 Å². The lowest BCUT2D eigenvalue weighted by molar-refractivity contribution is -0.140. The molecule has 3 N–H and O–H groups in total. The molecule has 0 radical (unpaired) electrons. The maximum Gasteiger partial charge on any atom is 0.118 e. The van der Waals surface area contributed by atoms with Gasteiger partial charge in [-0.3, -0.25) is 0 Å². The predicted molar refractivity (Wildman–Crippen MR) is 311 cm³/mol. The molecule has 0 aromatic heterocycles. The minimum Gasteiger partial charge on any atom is -0.497 e. The van der Waals surface area contributed by atoms with Gasteiger partial charge in [-0.15, -0.1) is 0 Å². The van der Waals surface area contributed by atoms with Crippen molar-refractivity contribution in [2.24, 2.45) is 23.7 Å². The monoisotopic (exact) mass is 1060 g/mol. The molecule has 77 heavy (non-hydrogen) atoms. The minimum atomic E-state index is -0.929. The number of hydrogen-bond donors (Lipinski definition) is 3. The van der Waals surface area contributed by atoms with Crippen molar-refractivity contribution in [2.75, 3.05) is 41.7 Å². The number of allylic oxidation sites excluding steroid dienone is 2. The Morgan fingerprint density at radius 1 is 0.506 bits per heavy atom. The second-order valence-corrected chi connectivity index (χ2v) is 21.1. The summed E-state index contributed by atoms with van der Waals surface area (Å²) in [6, 6.07) is 31.0. The van der Waals surface area contributed by atoms with E-state index < -0.39 is 30.3 Å². The molecule has 4 aromatic rings. The van der Waals surface area contributed by atoms with Crippen LogP contribution in [-0.2, 0) is 45.4 Å². The zero-order valence-corrected chi connectivity index (χ0v) is 48.6. The van der Waals surface area contributed by atoms with Gasteiger partial charge in [-0.25, -0.2) is 0 Å². The molecule has 0 aliphatic heterocycles. The Balaban J connectivity index is 1.53. The van der Waals surface area contributed by atoms with Gasteiger partial charge < -0.3 is 53.2 Å². The molecular formula is C66H96O11. The fraction of sp³-hybridized carbons (Fsp3) is 0.545. The maximum atomic E-state index is 12.1. The van der Waals surface area contributed by atoms with Crippen molar-refractivity contribution >= 4 is 0 Å². The fourth-order valence-electron chi connectivity index (χ4n) is 10.0. The van der Waals surface area contributed by atoms with Crippen molar-refractivity contribution in [3.05, 3.63) is 154 Å². The molecule has 0 aliphatic rings. The summed E-state index contributed by atoms with van der Waals surface area (Å²) in [6.07, 6.45) is 14.8. The minimum absolute atomic E-state index is 0.0121. The zero-order chi connectivity index (χ0) is 56.0. The van der Waals surface area contributed by atoms with E-state index in [4.69, 9.17) is 37.9 Å². The first-order valence-electron chi connectivity index (χ1n) is 28.2. The number of aliphatic hydroxyl groups excluding tert-OH is 3. The molecule has 9 atom stereocenters. The summed E-state index contributed by atoms with van der Waals surface area (Å²) in [5.74, 6) is 2.77. The number of ether oxygens (including phenoxy) is 8. The molecule has 4 rings (SSSR count). The predicted octanol–water partition coefficient (Wildman–Crippen LogP) is 14.0. The maximum absolute atomic E-state index is 12.1. The highest BCUT2D eigenvalue weighted by Crippen LogP contribution is 2.30. The third-order valence-electron chi connectivity index (χ3n) is 14.7. The molecule has 0 heterocycles. The van der Waals surface area contributed by atoms with Crippen LogP contribution in [0.1, 0.15) is 135 Å². The van der Waals surface area contributed by atoms with E-state index in [2.05, 4.69) is 52.0 Å². The molecule has 11 heteroatoms. The molecule has 4 aromatic carbocycles. The Morgan fingerprint density at radius 2 is 0.935 bits per heavy atom. The molecule has 426 valence electrons. The highest BCUT2D eigenvalue weighted by Gasteiger charge is 2.34. The fourth-order valence-corrected chi connectivity index (χ4v) is 10.0. The lowest BCUT2D eigenvalue weighted by atomic mass is 9.87. The first-order valence-corrected chi connectivity index (χ1v) is 28.2. The second kappa shape index (κ2) is 36.2. The number of hydrogen-bond acceptors (Lipinski definition) is 11. The van der Waals surface area contributed by atoms with Gasteiger partial charge in [-0.2, -0.15) is 0 Å². The highest BCUT2D eigenvalue weighted by molar-refractivity contribution is 5.30. The number of benzene rings is 4. The van der Waals surface area contributed by atoms with Crippen LogP contribution in [0.5, 0.6) is 23.0 Å². The lowest BCUT2D eigenvalue weighted by Gasteiger charge is -2.34. The van der Waals surface area contributed by atoms with Crippen LogP contribution < -0.4 is 18.9 Å². The summed E-state index contributed by atoms with van der Waals surface area (Å²) < 4.78 is 47.9. The quantitative estimate of drug-likeness (QED) is 0.0224. The topological polar surface area (TPSA) is 135 Å². The Bertz CT molecular complexity index is 2270. The Labute approximate surface area is 463 Å². The van der Waals surface area contributed by atoms with E-state index in [-0.39, 0.29) is 50.8 Å². The molecule has 0 fully saturated rings. The summed E-state index contributed by atoms with van der Waals surface area (Å²) in [7, 11) is 6.57. The molecule has 0 saturated heterocycles. The molecule has 0 saturated carbocycles. The molecule has 0 bridgehead atoms. The first kappa shape index (κ1) is 64.5. The molecule has 0 unspecified atom stereocenters. The standard InChI is InChI=1S/C66H96O11/c1-12-13-14-15-16-17-18-19-20-48(3)65(76-44-55-25-33-60(72-10)34-26-55)52(7)38-47(2)37-50(5)64(69)51(6)39-49(4)62(68)40-57(46-74-42-53-21-29-58(70-8)30-22-53)66(77-45-56-27-35-61(73-11)36-28-56)63(41-67)75-43-54-23-31-59(71-9)32-24-54/h21-39,48,51-52,57,62-69H,12-20,40-46H2,1-11H3/b47-38+,49-39+,50-37+/t48-,51+,52-,57-,62-,63+,64-,65+,66+/m0/s1. The van der Waals surface area contributed by atoms with E-state index in [0.717, 1.165) is 62.8 Å². The van der Waals surface area contributed by atoms with E-state index in [1.54, 1.807) is 28.4 Å². The van der Waals surface area contributed by atoms with Crippen LogP contribution in [-0.4, -0.2) is 87.5 Å². The normalized spacial score (nSPS) is 15.9.